The predicted octanol–water partition coefficient (Wildman–Crippen LogP) is 4.58. The van der Waals surface area contributed by atoms with Crippen molar-refractivity contribution in [3.8, 4) is 0 Å². The van der Waals surface area contributed by atoms with Crippen molar-refractivity contribution in [1.82, 2.24) is 15.0 Å². The van der Waals surface area contributed by atoms with Gasteiger partial charge in [-0.15, -0.1) is 0 Å². The molecule has 7 heteroatoms. The highest BCUT2D eigenvalue weighted by Crippen LogP contribution is 2.32. The Morgan fingerprint density at radius 1 is 0.815 bits per heavy atom. The van der Waals surface area contributed by atoms with Gasteiger partial charge in [0, 0.05) is 59.7 Å². The van der Waals surface area contributed by atoms with Gasteiger partial charge in [0.25, 0.3) is 0 Å². The van der Waals surface area contributed by atoms with Crippen molar-refractivity contribution in [1.29, 1.82) is 0 Å². The lowest BCUT2D eigenvalue weighted by Crippen LogP contribution is -2.47. The smallest absolute Gasteiger partial charge is 0.224 e. The van der Waals surface area contributed by atoms with Crippen LogP contribution in [0.15, 0.2) is 24.3 Å². The van der Waals surface area contributed by atoms with Gasteiger partial charge in [-0.3, -0.25) is 4.98 Å². The first-order chi connectivity index (χ1) is 12.9. The number of benzene rings is 1. The molecule has 27 heavy (non-hydrogen) atoms. The Hall–Kier alpha value is -2.11. The van der Waals surface area contributed by atoms with Crippen molar-refractivity contribution in [3.05, 3.63) is 51.5 Å². The Morgan fingerprint density at radius 2 is 1.48 bits per heavy atom. The summed E-state index contributed by atoms with van der Waals surface area (Å²) >= 11 is 12.3. The first-order valence-electron chi connectivity index (χ1n) is 9.00. The maximum atomic E-state index is 6.31. The normalized spacial score (nSPS) is 14.9. The van der Waals surface area contributed by atoms with E-state index in [1.165, 1.54) is 5.69 Å². The van der Waals surface area contributed by atoms with Gasteiger partial charge in [0.05, 0.1) is 5.52 Å². The minimum Gasteiger partial charge on any atom is -0.367 e. The average molecular weight is 402 g/mol. The molecule has 5 nitrogen and oxygen atoms in total. The molecule has 0 amide bonds. The molecule has 1 aliphatic heterocycles. The average Bonchev–Trinajstić information content (AvgIpc) is 2.64. The molecule has 0 aliphatic carbocycles. The van der Waals surface area contributed by atoms with Crippen LogP contribution in [-0.2, 0) is 0 Å². The number of rotatable bonds is 2. The second-order valence-electron chi connectivity index (χ2n) is 6.96. The van der Waals surface area contributed by atoms with Crippen LogP contribution in [0.1, 0.15) is 17.0 Å². The van der Waals surface area contributed by atoms with Crippen molar-refractivity contribution >= 4 is 45.6 Å². The monoisotopic (exact) mass is 401 g/mol. The molecule has 3 heterocycles. The van der Waals surface area contributed by atoms with Crippen LogP contribution in [0.2, 0.25) is 10.3 Å². The number of hydrogen-bond donors (Lipinski definition) is 0. The minimum atomic E-state index is 0.301. The van der Waals surface area contributed by atoms with E-state index in [9.17, 15) is 0 Å². The topological polar surface area (TPSA) is 45.2 Å². The van der Waals surface area contributed by atoms with Crippen molar-refractivity contribution in [2.45, 2.75) is 20.8 Å². The summed E-state index contributed by atoms with van der Waals surface area (Å²) in [5.41, 5.74) is 5.12. The van der Waals surface area contributed by atoms with Gasteiger partial charge >= 0.3 is 0 Å². The molecular weight excluding hydrogens is 381 g/mol. The van der Waals surface area contributed by atoms with Gasteiger partial charge in [-0.2, -0.15) is 0 Å². The van der Waals surface area contributed by atoms with Gasteiger partial charge in [0.1, 0.15) is 5.82 Å². The van der Waals surface area contributed by atoms with E-state index in [4.69, 9.17) is 28.2 Å². The van der Waals surface area contributed by atoms with E-state index in [1.54, 1.807) is 0 Å². The molecule has 140 valence electrons. The Balaban J connectivity index is 1.62. The standard InChI is InChI=1S/C20H21Cl2N5/c1-12-10-17(15-4-5-16(21)14(3)19(15)23-12)26-6-8-27(9-7-26)18-11-13(2)24-20(22)25-18/h4-5,10-11H,6-9H2,1-3H3. The molecule has 0 saturated carbocycles. The SMILES string of the molecule is Cc1cc(N2CCN(c3cc(C)nc4c(C)c(Cl)ccc34)CC2)nc(Cl)n1. The number of anilines is 2. The summed E-state index contributed by atoms with van der Waals surface area (Å²) in [6.45, 7) is 9.56. The number of pyridine rings is 1. The molecule has 0 N–H and O–H groups in total. The largest absolute Gasteiger partial charge is 0.367 e. The van der Waals surface area contributed by atoms with Gasteiger partial charge in [0.15, 0.2) is 0 Å². The second kappa shape index (κ2) is 7.13. The third-order valence-electron chi connectivity index (χ3n) is 5.03. The van der Waals surface area contributed by atoms with E-state index in [1.807, 2.05) is 32.9 Å². The van der Waals surface area contributed by atoms with Crippen LogP contribution in [0.25, 0.3) is 10.9 Å². The van der Waals surface area contributed by atoms with Crippen molar-refractivity contribution in [2.75, 3.05) is 36.0 Å². The molecule has 0 radical (unpaired) electrons. The summed E-state index contributed by atoms with van der Waals surface area (Å²) in [6.07, 6.45) is 0. The summed E-state index contributed by atoms with van der Waals surface area (Å²) in [7, 11) is 0. The zero-order chi connectivity index (χ0) is 19.1. The van der Waals surface area contributed by atoms with E-state index in [0.717, 1.165) is 64.9 Å². The number of aryl methyl sites for hydroxylation is 3. The van der Waals surface area contributed by atoms with Crippen molar-refractivity contribution < 1.29 is 0 Å². The molecular formula is C20H21Cl2N5. The minimum absolute atomic E-state index is 0.301. The number of halogens is 2. The molecule has 1 fully saturated rings. The van der Waals surface area contributed by atoms with Crippen LogP contribution in [0.5, 0.6) is 0 Å². The van der Waals surface area contributed by atoms with Crippen LogP contribution < -0.4 is 9.80 Å². The molecule has 1 aromatic carbocycles. The van der Waals surface area contributed by atoms with Crippen LogP contribution in [-0.4, -0.2) is 41.1 Å². The molecule has 0 atom stereocenters. The highest BCUT2D eigenvalue weighted by atomic mass is 35.5. The number of fused-ring (bicyclic) bond motifs is 1. The lowest BCUT2D eigenvalue weighted by Gasteiger charge is -2.37. The third-order valence-corrected chi connectivity index (χ3v) is 5.61. The highest BCUT2D eigenvalue weighted by molar-refractivity contribution is 6.32. The molecule has 0 bridgehead atoms. The van der Waals surface area contributed by atoms with E-state index in [2.05, 4.69) is 31.9 Å². The summed E-state index contributed by atoms with van der Waals surface area (Å²) in [4.78, 5) is 17.9. The first-order valence-corrected chi connectivity index (χ1v) is 9.75. The first kappa shape index (κ1) is 18.3. The summed E-state index contributed by atoms with van der Waals surface area (Å²) in [5.74, 6) is 0.894. The van der Waals surface area contributed by atoms with Crippen molar-refractivity contribution in [2.24, 2.45) is 0 Å². The van der Waals surface area contributed by atoms with E-state index in [-0.39, 0.29) is 0 Å². The fourth-order valence-corrected chi connectivity index (χ4v) is 4.00. The Kier molecular flexibility index (Phi) is 4.82. The maximum absolute atomic E-state index is 6.31. The van der Waals surface area contributed by atoms with Gasteiger partial charge in [-0.05, 0) is 56.1 Å². The van der Waals surface area contributed by atoms with E-state index >= 15 is 0 Å². The quantitative estimate of drug-likeness (QED) is 0.587. The molecule has 3 aromatic rings. The summed E-state index contributed by atoms with van der Waals surface area (Å²) in [5, 5.41) is 2.21. The Bertz CT molecular complexity index is 993. The lowest BCUT2D eigenvalue weighted by atomic mass is 10.1. The number of aromatic nitrogens is 3. The number of piperazine rings is 1. The fraction of sp³-hybridized carbons (Fsp3) is 0.350. The lowest BCUT2D eigenvalue weighted by molar-refractivity contribution is 0.647. The van der Waals surface area contributed by atoms with Gasteiger partial charge in [-0.1, -0.05) is 11.6 Å². The third kappa shape index (κ3) is 3.54. The molecule has 2 aromatic heterocycles. The van der Waals surface area contributed by atoms with Crippen LogP contribution in [0.4, 0.5) is 11.5 Å². The highest BCUT2D eigenvalue weighted by Gasteiger charge is 2.21. The van der Waals surface area contributed by atoms with Crippen LogP contribution in [0.3, 0.4) is 0 Å². The van der Waals surface area contributed by atoms with Crippen molar-refractivity contribution in [3.63, 3.8) is 0 Å². The number of hydrogen-bond acceptors (Lipinski definition) is 5. The Morgan fingerprint density at radius 3 is 2.19 bits per heavy atom. The van der Waals surface area contributed by atoms with E-state index in [0.29, 0.717) is 5.28 Å². The maximum Gasteiger partial charge on any atom is 0.224 e. The Labute approximate surface area is 169 Å². The molecule has 4 rings (SSSR count). The fourth-order valence-electron chi connectivity index (χ4n) is 3.63. The van der Waals surface area contributed by atoms with Gasteiger partial charge < -0.3 is 9.80 Å². The van der Waals surface area contributed by atoms with Gasteiger partial charge in [0.2, 0.25) is 5.28 Å². The van der Waals surface area contributed by atoms with E-state index < -0.39 is 0 Å². The summed E-state index contributed by atoms with van der Waals surface area (Å²) < 4.78 is 0. The zero-order valence-electron chi connectivity index (χ0n) is 15.6. The van der Waals surface area contributed by atoms with Crippen LogP contribution in [0, 0.1) is 20.8 Å². The van der Waals surface area contributed by atoms with Gasteiger partial charge in [-0.25, -0.2) is 9.97 Å². The predicted molar refractivity (Wildman–Crippen MR) is 112 cm³/mol. The second-order valence-corrected chi connectivity index (χ2v) is 7.71. The van der Waals surface area contributed by atoms with Crippen LogP contribution >= 0.6 is 23.2 Å². The molecule has 1 saturated heterocycles. The molecule has 1 aliphatic rings. The zero-order valence-corrected chi connectivity index (χ0v) is 17.1. The molecule has 0 unspecified atom stereocenters. The molecule has 0 spiro atoms. The summed E-state index contributed by atoms with van der Waals surface area (Å²) in [6, 6.07) is 8.18. The number of nitrogens with zero attached hydrogens (tertiary/aromatic N) is 5.